The molecule has 0 aliphatic rings. The van der Waals surface area contributed by atoms with Gasteiger partial charge in [0.05, 0.1) is 6.61 Å². The Labute approximate surface area is 132 Å². The summed E-state index contributed by atoms with van der Waals surface area (Å²) in [4.78, 5) is 14.0. The molecule has 2 N–H and O–H groups in total. The molecule has 0 spiro atoms. The molecule has 0 bridgehead atoms. The maximum absolute atomic E-state index is 12.0. The molecule has 0 aromatic heterocycles. The molecule has 0 saturated heterocycles. The van der Waals surface area contributed by atoms with Crippen LogP contribution in [-0.2, 0) is 0 Å². The minimum absolute atomic E-state index is 0.0823. The number of benzene rings is 1. The molecule has 22 heavy (non-hydrogen) atoms. The van der Waals surface area contributed by atoms with Crippen LogP contribution in [0.3, 0.4) is 0 Å². The number of amides is 1. The summed E-state index contributed by atoms with van der Waals surface area (Å²) in [6, 6.07) is 6.91. The summed E-state index contributed by atoms with van der Waals surface area (Å²) in [5, 5.41) is 11.7. The zero-order valence-electron chi connectivity index (χ0n) is 13.5. The van der Waals surface area contributed by atoms with Crippen molar-refractivity contribution in [3.05, 3.63) is 47.7 Å². The first kappa shape index (κ1) is 17.8. The van der Waals surface area contributed by atoms with Crippen LogP contribution in [0.25, 0.3) is 0 Å². The molecule has 118 valence electrons. The van der Waals surface area contributed by atoms with Crippen molar-refractivity contribution in [2.24, 2.45) is 0 Å². The Kier molecular flexibility index (Phi) is 7.21. The molecule has 1 atom stereocenters. The van der Waals surface area contributed by atoms with E-state index in [0.717, 1.165) is 24.1 Å². The average molecular weight is 300 g/mol. The summed E-state index contributed by atoms with van der Waals surface area (Å²) in [7, 11) is 3.93. The van der Waals surface area contributed by atoms with Crippen molar-refractivity contribution in [3.63, 3.8) is 0 Å². The fourth-order valence-electron chi connectivity index (χ4n) is 1.69. The Bertz CT molecular complexity index is 582. The van der Waals surface area contributed by atoms with Crippen molar-refractivity contribution < 1.29 is 9.90 Å². The van der Waals surface area contributed by atoms with Gasteiger partial charge in [-0.15, -0.1) is 0 Å². The van der Waals surface area contributed by atoms with E-state index < -0.39 is 0 Å². The number of hydrogen-bond acceptors (Lipinski definition) is 3. The minimum atomic E-state index is -0.265. The molecule has 1 aromatic rings. The van der Waals surface area contributed by atoms with E-state index in [1.165, 1.54) is 0 Å². The number of hydrogen-bond donors (Lipinski definition) is 2. The van der Waals surface area contributed by atoms with Crippen molar-refractivity contribution >= 4 is 5.91 Å². The molecule has 4 nitrogen and oxygen atoms in total. The van der Waals surface area contributed by atoms with Gasteiger partial charge in [0.2, 0.25) is 0 Å². The Balaban J connectivity index is 2.65. The topological polar surface area (TPSA) is 52.6 Å². The third-order valence-corrected chi connectivity index (χ3v) is 3.18. The lowest BCUT2D eigenvalue weighted by Gasteiger charge is -2.13. The summed E-state index contributed by atoms with van der Waals surface area (Å²) in [6.07, 6.45) is 1.56. The fourth-order valence-corrected chi connectivity index (χ4v) is 1.69. The van der Waals surface area contributed by atoms with Gasteiger partial charge in [-0.05, 0) is 31.5 Å². The van der Waals surface area contributed by atoms with Crippen LogP contribution >= 0.6 is 0 Å². The lowest BCUT2D eigenvalue weighted by Crippen LogP contribution is -2.34. The molecule has 0 aliphatic carbocycles. The van der Waals surface area contributed by atoms with Gasteiger partial charge in [0.15, 0.2) is 0 Å². The van der Waals surface area contributed by atoms with E-state index in [1.807, 2.05) is 25.1 Å². The SMILES string of the molecule is C=C(CCC#Cc1cccc(C(=O)NC(C)CO)c1)N(C)C. The number of allylic oxidation sites excluding steroid dienone is 1. The fraction of sp³-hybridized carbons (Fsp3) is 0.389. The van der Waals surface area contributed by atoms with E-state index in [2.05, 4.69) is 23.7 Å². The van der Waals surface area contributed by atoms with E-state index >= 15 is 0 Å². The van der Waals surface area contributed by atoms with Crippen LogP contribution < -0.4 is 5.32 Å². The maximum Gasteiger partial charge on any atom is 0.251 e. The van der Waals surface area contributed by atoms with Crippen molar-refractivity contribution in [1.29, 1.82) is 0 Å². The number of nitrogens with one attached hydrogen (secondary N) is 1. The number of carbonyl (C=O) groups is 1. The highest BCUT2D eigenvalue weighted by Crippen LogP contribution is 2.06. The van der Waals surface area contributed by atoms with Crippen LogP contribution in [0, 0.1) is 11.8 Å². The average Bonchev–Trinajstić information content (AvgIpc) is 2.51. The smallest absolute Gasteiger partial charge is 0.251 e. The van der Waals surface area contributed by atoms with Crippen molar-refractivity contribution in [1.82, 2.24) is 10.2 Å². The lowest BCUT2D eigenvalue weighted by molar-refractivity contribution is 0.0922. The van der Waals surface area contributed by atoms with Crippen LogP contribution in [0.2, 0.25) is 0 Å². The molecule has 0 radical (unpaired) electrons. The number of nitrogens with zero attached hydrogens (tertiary/aromatic N) is 1. The summed E-state index contributed by atoms with van der Waals surface area (Å²) >= 11 is 0. The van der Waals surface area contributed by atoms with Gasteiger partial charge >= 0.3 is 0 Å². The molecular formula is C18H24N2O2. The first-order valence-corrected chi connectivity index (χ1v) is 7.29. The third kappa shape index (κ3) is 6.02. The van der Waals surface area contributed by atoms with Crippen LogP contribution in [-0.4, -0.2) is 42.7 Å². The second kappa shape index (κ2) is 8.91. The number of rotatable bonds is 6. The molecular weight excluding hydrogens is 276 g/mol. The predicted octanol–water partition coefficient (Wildman–Crippen LogP) is 2.00. The monoisotopic (exact) mass is 300 g/mol. The quantitative estimate of drug-likeness (QED) is 0.790. The van der Waals surface area contributed by atoms with Gasteiger partial charge in [-0.1, -0.05) is 24.5 Å². The highest BCUT2D eigenvalue weighted by Gasteiger charge is 2.08. The Hall–Kier alpha value is -2.25. The summed E-state index contributed by atoms with van der Waals surface area (Å²) in [6.45, 7) is 5.62. The van der Waals surface area contributed by atoms with Gasteiger partial charge in [0.1, 0.15) is 0 Å². The van der Waals surface area contributed by atoms with E-state index in [1.54, 1.807) is 25.1 Å². The van der Waals surface area contributed by atoms with E-state index in [-0.39, 0.29) is 18.6 Å². The highest BCUT2D eigenvalue weighted by molar-refractivity contribution is 5.94. The normalized spacial score (nSPS) is 11.1. The zero-order chi connectivity index (χ0) is 16.5. The standard InChI is InChI=1S/C18H24N2O2/c1-14(13-21)19-18(22)17-11-7-10-16(12-17)9-6-5-8-15(2)20(3)4/h7,10-12,14,21H,2,5,8,13H2,1,3-4H3,(H,19,22). The number of carbonyl (C=O) groups excluding carboxylic acids is 1. The van der Waals surface area contributed by atoms with Crippen LogP contribution in [0.15, 0.2) is 36.5 Å². The van der Waals surface area contributed by atoms with Gasteiger partial charge in [-0.3, -0.25) is 4.79 Å². The first-order valence-electron chi connectivity index (χ1n) is 7.29. The Morgan fingerprint density at radius 2 is 2.18 bits per heavy atom. The van der Waals surface area contributed by atoms with Crippen LogP contribution in [0.5, 0.6) is 0 Å². The molecule has 0 saturated carbocycles. The van der Waals surface area contributed by atoms with E-state index in [0.29, 0.717) is 5.56 Å². The second-order valence-corrected chi connectivity index (χ2v) is 5.40. The molecule has 0 heterocycles. The Morgan fingerprint density at radius 1 is 1.45 bits per heavy atom. The third-order valence-electron chi connectivity index (χ3n) is 3.18. The second-order valence-electron chi connectivity index (χ2n) is 5.40. The van der Waals surface area contributed by atoms with Crippen molar-refractivity contribution in [2.45, 2.75) is 25.8 Å². The predicted molar refractivity (Wildman–Crippen MR) is 89.4 cm³/mol. The summed E-state index contributed by atoms with van der Waals surface area (Å²) in [5.74, 6) is 5.96. The minimum Gasteiger partial charge on any atom is -0.394 e. The molecule has 4 heteroatoms. The molecule has 0 aliphatic heterocycles. The van der Waals surface area contributed by atoms with Crippen LogP contribution in [0.1, 0.15) is 35.7 Å². The number of aliphatic hydroxyl groups is 1. The molecule has 1 aromatic carbocycles. The summed E-state index contributed by atoms with van der Waals surface area (Å²) < 4.78 is 0. The summed E-state index contributed by atoms with van der Waals surface area (Å²) in [5.41, 5.74) is 2.39. The zero-order valence-corrected chi connectivity index (χ0v) is 13.5. The first-order chi connectivity index (χ1) is 10.4. The maximum atomic E-state index is 12.0. The molecule has 1 unspecified atom stereocenters. The van der Waals surface area contributed by atoms with Gasteiger partial charge in [-0.2, -0.15) is 0 Å². The van der Waals surface area contributed by atoms with Crippen molar-refractivity contribution in [3.8, 4) is 11.8 Å². The molecule has 1 rings (SSSR count). The highest BCUT2D eigenvalue weighted by atomic mass is 16.3. The van der Waals surface area contributed by atoms with Gasteiger partial charge in [-0.25, -0.2) is 0 Å². The van der Waals surface area contributed by atoms with Crippen molar-refractivity contribution in [2.75, 3.05) is 20.7 Å². The van der Waals surface area contributed by atoms with E-state index in [4.69, 9.17) is 5.11 Å². The van der Waals surface area contributed by atoms with Gasteiger partial charge in [0, 0.05) is 43.4 Å². The molecule has 1 amide bonds. The lowest BCUT2D eigenvalue weighted by atomic mass is 10.1. The van der Waals surface area contributed by atoms with E-state index in [9.17, 15) is 4.79 Å². The van der Waals surface area contributed by atoms with Gasteiger partial charge < -0.3 is 15.3 Å². The van der Waals surface area contributed by atoms with Crippen LogP contribution in [0.4, 0.5) is 0 Å². The number of aliphatic hydroxyl groups excluding tert-OH is 1. The Morgan fingerprint density at radius 3 is 2.82 bits per heavy atom. The largest absolute Gasteiger partial charge is 0.394 e. The molecule has 0 fully saturated rings. The van der Waals surface area contributed by atoms with Gasteiger partial charge in [0.25, 0.3) is 5.91 Å².